The number of amides is 2. The molecule has 2 heterocycles. The van der Waals surface area contributed by atoms with Crippen molar-refractivity contribution in [3.05, 3.63) is 24.0 Å². The number of carbonyl (C=O) groups excluding carboxylic acids is 2. The minimum atomic E-state index is -0.0671. The van der Waals surface area contributed by atoms with Crippen molar-refractivity contribution < 1.29 is 9.59 Å². The van der Waals surface area contributed by atoms with E-state index in [1.54, 1.807) is 27.5 Å². The van der Waals surface area contributed by atoms with Crippen LogP contribution in [0.25, 0.3) is 0 Å². The van der Waals surface area contributed by atoms with Gasteiger partial charge in [0.25, 0.3) is 0 Å². The fraction of sp³-hybridized carbons (Fsp3) is 0.455. The average Bonchev–Trinajstić information content (AvgIpc) is 2.79. The highest BCUT2D eigenvalue weighted by Crippen LogP contribution is 2.08. The lowest BCUT2D eigenvalue weighted by molar-refractivity contribution is 0.0944. The van der Waals surface area contributed by atoms with Gasteiger partial charge in [-0.2, -0.15) is 0 Å². The largest absolute Gasteiger partial charge is 0.348 e. The molecule has 0 unspecified atom stereocenters. The molecule has 2 amide bonds. The number of aryl methyl sites for hydroxylation is 1. The molecule has 5 heteroatoms. The van der Waals surface area contributed by atoms with E-state index in [1.165, 1.54) is 0 Å². The number of hydrogen-bond donors (Lipinski definition) is 0. The molecule has 1 aliphatic heterocycles. The Morgan fingerprint density at radius 2 is 2.12 bits per heavy atom. The van der Waals surface area contributed by atoms with Gasteiger partial charge in [0.1, 0.15) is 0 Å². The molecule has 0 spiro atoms. The molecular formula is C11H15N3O2. The van der Waals surface area contributed by atoms with E-state index in [0.29, 0.717) is 18.8 Å². The van der Waals surface area contributed by atoms with Crippen molar-refractivity contribution in [2.45, 2.75) is 0 Å². The van der Waals surface area contributed by atoms with Gasteiger partial charge >= 0.3 is 6.03 Å². The monoisotopic (exact) mass is 221 g/mol. The molecule has 0 atom stereocenters. The van der Waals surface area contributed by atoms with E-state index in [9.17, 15) is 9.59 Å². The first-order valence-corrected chi connectivity index (χ1v) is 5.24. The van der Waals surface area contributed by atoms with Crippen molar-refractivity contribution in [3.63, 3.8) is 0 Å². The van der Waals surface area contributed by atoms with Crippen LogP contribution in [0.2, 0.25) is 0 Å². The van der Waals surface area contributed by atoms with E-state index < -0.39 is 0 Å². The molecule has 86 valence electrons. The summed E-state index contributed by atoms with van der Waals surface area (Å²) in [6.45, 7) is 1.49. The number of likely N-dealkylation sites (N-methyl/N-ethyl adjacent to an activating group) is 1. The molecule has 0 bridgehead atoms. The van der Waals surface area contributed by atoms with Gasteiger partial charge in [-0.3, -0.25) is 4.79 Å². The first-order chi connectivity index (χ1) is 7.59. The van der Waals surface area contributed by atoms with Crippen LogP contribution in [-0.2, 0) is 7.05 Å². The summed E-state index contributed by atoms with van der Waals surface area (Å²) >= 11 is 0. The van der Waals surface area contributed by atoms with E-state index in [-0.39, 0.29) is 18.4 Å². The number of urea groups is 1. The molecule has 1 aromatic rings. The molecule has 0 radical (unpaired) electrons. The van der Waals surface area contributed by atoms with Crippen molar-refractivity contribution in [2.75, 3.05) is 26.7 Å². The summed E-state index contributed by atoms with van der Waals surface area (Å²) in [5, 5.41) is 0. The summed E-state index contributed by atoms with van der Waals surface area (Å²) in [6, 6.07) is 3.53. The minimum absolute atomic E-state index is 0.0175. The number of aromatic nitrogens is 1. The van der Waals surface area contributed by atoms with Crippen LogP contribution in [0.1, 0.15) is 10.5 Å². The SMILES string of the molecule is CN1CCN(CC(=O)c2cccn2C)C1=O. The summed E-state index contributed by atoms with van der Waals surface area (Å²) in [5.74, 6) is -0.0175. The summed E-state index contributed by atoms with van der Waals surface area (Å²) in [4.78, 5) is 26.7. The van der Waals surface area contributed by atoms with Crippen LogP contribution in [0.5, 0.6) is 0 Å². The van der Waals surface area contributed by atoms with E-state index in [1.807, 2.05) is 19.3 Å². The molecule has 2 rings (SSSR count). The van der Waals surface area contributed by atoms with Gasteiger partial charge < -0.3 is 14.4 Å². The van der Waals surface area contributed by atoms with Gasteiger partial charge in [-0.15, -0.1) is 0 Å². The van der Waals surface area contributed by atoms with E-state index in [4.69, 9.17) is 0 Å². The molecule has 0 aromatic carbocycles. The second kappa shape index (κ2) is 4.00. The summed E-state index contributed by atoms with van der Waals surface area (Å²) < 4.78 is 1.77. The highest BCUT2D eigenvalue weighted by molar-refractivity contribution is 5.98. The van der Waals surface area contributed by atoms with Gasteiger partial charge in [0.05, 0.1) is 12.2 Å². The lowest BCUT2D eigenvalue weighted by Gasteiger charge is -2.14. The predicted molar refractivity (Wildman–Crippen MR) is 59.3 cm³/mol. The van der Waals surface area contributed by atoms with Crippen LogP contribution in [0.15, 0.2) is 18.3 Å². The normalized spacial score (nSPS) is 16.0. The van der Waals surface area contributed by atoms with Gasteiger partial charge in [0.2, 0.25) is 0 Å². The number of nitrogens with zero attached hydrogens (tertiary/aromatic N) is 3. The molecule has 0 saturated carbocycles. The maximum absolute atomic E-state index is 11.9. The zero-order valence-corrected chi connectivity index (χ0v) is 9.51. The van der Waals surface area contributed by atoms with Crippen molar-refractivity contribution in [3.8, 4) is 0 Å². The minimum Gasteiger partial charge on any atom is -0.348 e. The van der Waals surface area contributed by atoms with Gasteiger partial charge in [-0.25, -0.2) is 4.79 Å². The van der Waals surface area contributed by atoms with Crippen LogP contribution in [0, 0.1) is 0 Å². The third kappa shape index (κ3) is 1.80. The zero-order valence-electron chi connectivity index (χ0n) is 9.51. The van der Waals surface area contributed by atoms with Crippen molar-refractivity contribution in [1.82, 2.24) is 14.4 Å². The quantitative estimate of drug-likeness (QED) is 0.701. The molecule has 1 aliphatic rings. The first-order valence-electron chi connectivity index (χ1n) is 5.24. The lowest BCUT2D eigenvalue weighted by Crippen LogP contribution is -2.34. The Bertz CT molecular complexity index is 425. The Kier molecular flexibility index (Phi) is 2.68. The molecule has 0 N–H and O–H groups in total. The highest BCUT2D eigenvalue weighted by atomic mass is 16.2. The van der Waals surface area contributed by atoms with Crippen molar-refractivity contribution in [2.24, 2.45) is 7.05 Å². The zero-order chi connectivity index (χ0) is 11.7. The molecule has 16 heavy (non-hydrogen) atoms. The van der Waals surface area contributed by atoms with Crippen molar-refractivity contribution in [1.29, 1.82) is 0 Å². The Morgan fingerprint density at radius 1 is 1.38 bits per heavy atom. The highest BCUT2D eigenvalue weighted by Gasteiger charge is 2.27. The number of rotatable bonds is 3. The number of hydrogen-bond acceptors (Lipinski definition) is 2. The fourth-order valence-corrected chi connectivity index (χ4v) is 1.86. The van der Waals surface area contributed by atoms with Gasteiger partial charge in [-0.1, -0.05) is 0 Å². The maximum Gasteiger partial charge on any atom is 0.320 e. The van der Waals surface area contributed by atoms with Crippen LogP contribution in [0.4, 0.5) is 4.79 Å². The Balaban J connectivity index is 2.04. The van der Waals surface area contributed by atoms with Gasteiger partial charge in [0, 0.05) is 33.4 Å². The van der Waals surface area contributed by atoms with Crippen LogP contribution in [-0.4, -0.2) is 52.9 Å². The second-order valence-electron chi connectivity index (χ2n) is 4.05. The second-order valence-corrected chi connectivity index (χ2v) is 4.05. The first kappa shape index (κ1) is 10.7. The van der Waals surface area contributed by atoms with E-state index in [2.05, 4.69) is 0 Å². The third-order valence-electron chi connectivity index (χ3n) is 2.87. The van der Waals surface area contributed by atoms with Crippen LogP contribution < -0.4 is 0 Å². The third-order valence-corrected chi connectivity index (χ3v) is 2.87. The summed E-state index contributed by atoms with van der Waals surface area (Å²) in [7, 11) is 3.57. The average molecular weight is 221 g/mol. The molecular weight excluding hydrogens is 206 g/mol. The van der Waals surface area contributed by atoms with Crippen LogP contribution in [0.3, 0.4) is 0 Å². The van der Waals surface area contributed by atoms with E-state index in [0.717, 1.165) is 0 Å². The molecule has 1 saturated heterocycles. The van der Waals surface area contributed by atoms with Crippen molar-refractivity contribution >= 4 is 11.8 Å². The fourth-order valence-electron chi connectivity index (χ4n) is 1.86. The maximum atomic E-state index is 11.9. The molecule has 1 aromatic heterocycles. The molecule has 1 fully saturated rings. The lowest BCUT2D eigenvalue weighted by atomic mass is 10.2. The van der Waals surface area contributed by atoms with Gasteiger partial charge in [-0.05, 0) is 12.1 Å². The Labute approximate surface area is 94.2 Å². The summed E-state index contributed by atoms with van der Waals surface area (Å²) in [5.41, 5.74) is 0.641. The summed E-state index contributed by atoms with van der Waals surface area (Å²) in [6.07, 6.45) is 1.82. The number of carbonyl (C=O) groups is 2. The predicted octanol–water partition coefficient (Wildman–Crippen LogP) is 0.575. The topological polar surface area (TPSA) is 45.5 Å². The molecule has 5 nitrogen and oxygen atoms in total. The van der Waals surface area contributed by atoms with E-state index >= 15 is 0 Å². The number of ketones is 1. The standard InChI is InChI=1S/C11H15N3O2/c1-12-5-3-4-9(12)10(15)8-14-7-6-13(2)11(14)16/h3-5H,6-8H2,1-2H3. The Morgan fingerprint density at radius 3 is 2.62 bits per heavy atom. The molecule has 0 aliphatic carbocycles. The smallest absolute Gasteiger partial charge is 0.320 e. The van der Waals surface area contributed by atoms with Crippen LogP contribution >= 0.6 is 0 Å². The Hall–Kier alpha value is -1.78. The number of Topliss-reactive ketones (excluding diaryl/α,β-unsaturated/α-hetero) is 1. The van der Waals surface area contributed by atoms with Gasteiger partial charge in [0.15, 0.2) is 5.78 Å².